The van der Waals surface area contributed by atoms with Gasteiger partial charge in [-0.15, -0.1) is 0 Å². The van der Waals surface area contributed by atoms with E-state index < -0.39 is 5.60 Å². The number of fused-ring (bicyclic) bond motifs is 1. The van der Waals surface area contributed by atoms with Crippen LogP contribution in [-0.4, -0.2) is 69.7 Å². The van der Waals surface area contributed by atoms with Crippen LogP contribution in [0.25, 0.3) is 11.0 Å². The summed E-state index contributed by atoms with van der Waals surface area (Å²) < 4.78 is 7.65. The lowest BCUT2D eigenvalue weighted by Gasteiger charge is -2.36. The maximum absolute atomic E-state index is 12.2. The number of ether oxygens (including phenoxy) is 1. The number of hydrogen-bond acceptors (Lipinski definition) is 4. The molecule has 1 aromatic heterocycles. The summed E-state index contributed by atoms with van der Waals surface area (Å²) in [5.41, 5.74) is 7.87. The van der Waals surface area contributed by atoms with E-state index in [1.54, 1.807) is 4.90 Å². The minimum Gasteiger partial charge on any atom is -0.444 e. The van der Waals surface area contributed by atoms with Crippen molar-refractivity contribution < 1.29 is 9.53 Å². The number of piperazine rings is 1. The largest absolute Gasteiger partial charge is 0.444 e. The van der Waals surface area contributed by atoms with E-state index >= 15 is 0 Å². The Bertz CT molecular complexity index is 875. The molecule has 0 aliphatic carbocycles. The number of benzene rings is 1. The normalized spacial score (nSPS) is 15.8. The number of carbonyl (C=O) groups excluding carboxylic acids is 1. The van der Waals surface area contributed by atoms with E-state index in [9.17, 15) is 4.79 Å². The lowest BCUT2D eigenvalue weighted by atomic mass is 10.2. The van der Waals surface area contributed by atoms with Crippen molar-refractivity contribution in [2.24, 2.45) is 10.7 Å². The van der Waals surface area contributed by atoms with Crippen LogP contribution in [0.15, 0.2) is 29.3 Å². The van der Waals surface area contributed by atoms with Crippen molar-refractivity contribution in [3.63, 3.8) is 0 Å². The average Bonchev–Trinajstić information content (AvgIpc) is 2.99. The topological polar surface area (TPSA) is 89.0 Å². The van der Waals surface area contributed by atoms with Gasteiger partial charge in [-0.25, -0.2) is 9.78 Å². The highest BCUT2D eigenvalue weighted by atomic mass is 16.6. The number of nitrogens with zero attached hydrogens (tertiary/aromatic N) is 5. The van der Waals surface area contributed by atoms with Crippen molar-refractivity contribution in [3.05, 3.63) is 30.1 Å². The molecule has 1 aromatic carbocycles. The zero-order chi connectivity index (χ0) is 21.0. The highest BCUT2D eigenvalue weighted by Gasteiger charge is 2.26. The van der Waals surface area contributed by atoms with Crippen LogP contribution in [-0.2, 0) is 11.3 Å². The molecule has 1 fully saturated rings. The van der Waals surface area contributed by atoms with Gasteiger partial charge in [-0.2, -0.15) is 0 Å². The first kappa shape index (κ1) is 21.0. The number of hydrogen-bond donors (Lipinski definition) is 1. The summed E-state index contributed by atoms with van der Waals surface area (Å²) in [4.78, 5) is 25.0. The van der Waals surface area contributed by atoms with Crippen LogP contribution in [0.4, 0.5) is 4.79 Å². The lowest BCUT2D eigenvalue weighted by Crippen LogP contribution is -2.53. The maximum atomic E-state index is 12.2. The Morgan fingerprint density at radius 1 is 1.17 bits per heavy atom. The molecule has 2 aromatic rings. The quantitative estimate of drug-likeness (QED) is 0.484. The Balaban J connectivity index is 1.46. The van der Waals surface area contributed by atoms with Gasteiger partial charge < -0.3 is 24.8 Å². The molecule has 8 nitrogen and oxygen atoms in total. The third kappa shape index (κ3) is 5.40. The molecule has 158 valence electrons. The van der Waals surface area contributed by atoms with E-state index in [4.69, 9.17) is 10.5 Å². The van der Waals surface area contributed by atoms with Crippen LogP contribution < -0.4 is 5.73 Å². The SMILES string of the molecule is Cc1nc2ccccc2n1CCCN=C(N)N1CCN(C(=O)OC(C)(C)C)CC1. The number of rotatable bonds is 4. The second kappa shape index (κ2) is 8.71. The van der Waals surface area contributed by atoms with Gasteiger partial charge in [0.25, 0.3) is 0 Å². The molecular weight excluding hydrogens is 368 g/mol. The van der Waals surface area contributed by atoms with Crippen molar-refractivity contribution in [1.29, 1.82) is 0 Å². The van der Waals surface area contributed by atoms with Crippen LogP contribution in [0.3, 0.4) is 0 Å². The second-order valence-electron chi connectivity index (χ2n) is 8.35. The molecule has 0 bridgehead atoms. The molecule has 0 spiro atoms. The molecule has 2 heterocycles. The Labute approximate surface area is 172 Å². The van der Waals surface area contributed by atoms with Crippen LogP contribution in [0, 0.1) is 6.92 Å². The molecule has 1 aliphatic heterocycles. The van der Waals surface area contributed by atoms with Gasteiger partial charge in [0.05, 0.1) is 11.0 Å². The zero-order valence-electron chi connectivity index (χ0n) is 17.9. The molecule has 3 rings (SSSR count). The van der Waals surface area contributed by atoms with E-state index in [-0.39, 0.29) is 6.09 Å². The molecule has 1 amide bonds. The fourth-order valence-corrected chi connectivity index (χ4v) is 3.45. The van der Waals surface area contributed by atoms with Crippen molar-refractivity contribution in [2.75, 3.05) is 32.7 Å². The van der Waals surface area contributed by atoms with Crippen LogP contribution >= 0.6 is 0 Å². The lowest BCUT2D eigenvalue weighted by molar-refractivity contribution is 0.0186. The number of nitrogens with two attached hydrogens (primary N) is 1. The first-order valence-electron chi connectivity index (χ1n) is 10.2. The third-order valence-corrected chi connectivity index (χ3v) is 4.91. The predicted octanol–water partition coefficient (Wildman–Crippen LogP) is 2.60. The van der Waals surface area contributed by atoms with Gasteiger partial charge in [0.1, 0.15) is 11.4 Å². The van der Waals surface area contributed by atoms with Gasteiger partial charge in [0.15, 0.2) is 5.96 Å². The highest BCUT2D eigenvalue weighted by Crippen LogP contribution is 2.16. The van der Waals surface area contributed by atoms with Gasteiger partial charge >= 0.3 is 6.09 Å². The minimum absolute atomic E-state index is 0.268. The van der Waals surface area contributed by atoms with Crippen molar-refractivity contribution >= 4 is 23.1 Å². The molecule has 8 heteroatoms. The summed E-state index contributed by atoms with van der Waals surface area (Å²) in [5, 5.41) is 0. The zero-order valence-corrected chi connectivity index (χ0v) is 17.9. The number of aliphatic imine (C=N–C) groups is 1. The molecule has 2 N–H and O–H groups in total. The van der Waals surface area contributed by atoms with Gasteiger partial charge in [-0.3, -0.25) is 4.99 Å². The number of imidazole rings is 1. The first-order valence-corrected chi connectivity index (χ1v) is 10.2. The van der Waals surface area contributed by atoms with E-state index in [1.165, 1.54) is 0 Å². The van der Waals surface area contributed by atoms with Gasteiger partial charge in [0.2, 0.25) is 0 Å². The van der Waals surface area contributed by atoms with Crippen LogP contribution in [0.2, 0.25) is 0 Å². The smallest absolute Gasteiger partial charge is 0.410 e. The van der Waals surface area contributed by atoms with Crippen LogP contribution in [0.1, 0.15) is 33.0 Å². The fraction of sp³-hybridized carbons (Fsp3) is 0.571. The summed E-state index contributed by atoms with van der Waals surface area (Å²) in [6.45, 7) is 11.7. The molecule has 0 radical (unpaired) electrons. The van der Waals surface area contributed by atoms with Gasteiger partial charge in [-0.1, -0.05) is 12.1 Å². The summed E-state index contributed by atoms with van der Waals surface area (Å²) in [6.07, 6.45) is 0.621. The van der Waals surface area contributed by atoms with Gasteiger partial charge in [-0.05, 0) is 46.2 Å². The number of guanidine groups is 1. The molecule has 1 saturated heterocycles. The average molecular weight is 401 g/mol. The first-order chi connectivity index (χ1) is 13.7. The summed E-state index contributed by atoms with van der Waals surface area (Å²) in [6, 6.07) is 8.17. The molecule has 0 atom stereocenters. The Kier molecular flexibility index (Phi) is 6.30. The van der Waals surface area contributed by atoms with E-state index in [0.29, 0.717) is 38.7 Å². The maximum Gasteiger partial charge on any atom is 0.410 e. The van der Waals surface area contributed by atoms with Crippen molar-refractivity contribution in [3.8, 4) is 0 Å². The van der Waals surface area contributed by atoms with Crippen molar-refractivity contribution in [1.82, 2.24) is 19.4 Å². The van der Waals surface area contributed by atoms with Crippen LogP contribution in [0.5, 0.6) is 0 Å². The molecule has 0 saturated carbocycles. The highest BCUT2D eigenvalue weighted by molar-refractivity contribution is 5.78. The van der Waals surface area contributed by atoms with Gasteiger partial charge in [0, 0.05) is 39.3 Å². The summed E-state index contributed by atoms with van der Waals surface area (Å²) in [7, 11) is 0. The standard InChI is InChI=1S/C21H32N6O2/c1-16-24-17-8-5-6-9-18(17)27(16)11-7-10-23-19(22)25-12-14-26(15-13-25)20(28)29-21(2,3)4/h5-6,8-9H,7,10-15H2,1-4H3,(H2,22,23). The minimum atomic E-state index is -0.479. The Hall–Kier alpha value is -2.77. The Morgan fingerprint density at radius 3 is 2.52 bits per heavy atom. The van der Waals surface area contributed by atoms with E-state index in [2.05, 4.69) is 20.6 Å². The number of aryl methyl sites for hydroxylation is 2. The van der Waals surface area contributed by atoms with E-state index in [1.807, 2.05) is 50.8 Å². The molecule has 29 heavy (non-hydrogen) atoms. The van der Waals surface area contributed by atoms with E-state index in [0.717, 1.165) is 29.8 Å². The monoisotopic (exact) mass is 400 g/mol. The third-order valence-electron chi connectivity index (χ3n) is 4.91. The second-order valence-corrected chi connectivity index (χ2v) is 8.35. The Morgan fingerprint density at radius 2 is 1.83 bits per heavy atom. The summed E-state index contributed by atoms with van der Waals surface area (Å²) >= 11 is 0. The number of carbonyl (C=O) groups is 1. The number of aromatic nitrogens is 2. The molecular formula is C21H32N6O2. The summed E-state index contributed by atoms with van der Waals surface area (Å²) in [5.74, 6) is 1.56. The fourth-order valence-electron chi connectivity index (χ4n) is 3.45. The number of amides is 1. The molecule has 0 unspecified atom stereocenters. The predicted molar refractivity (Wildman–Crippen MR) is 115 cm³/mol. The van der Waals surface area contributed by atoms with Crippen molar-refractivity contribution in [2.45, 2.75) is 46.3 Å². The molecule has 1 aliphatic rings. The number of para-hydroxylation sites is 2.